The topological polar surface area (TPSA) is 67.9 Å². The van der Waals surface area contributed by atoms with Gasteiger partial charge in [-0.15, -0.1) is 12.4 Å². The van der Waals surface area contributed by atoms with Crippen molar-refractivity contribution in [1.29, 1.82) is 0 Å². The summed E-state index contributed by atoms with van der Waals surface area (Å²) in [6.07, 6.45) is 2.02. The lowest BCUT2D eigenvalue weighted by Gasteiger charge is -2.33. The Hall–Kier alpha value is -0.850. The summed E-state index contributed by atoms with van der Waals surface area (Å²) in [6, 6.07) is 0. The highest BCUT2D eigenvalue weighted by Crippen LogP contribution is 2.19. The molecule has 7 heteroatoms. The number of hydrogen-bond acceptors (Lipinski definition) is 5. The second-order valence-electron chi connectivity index (χ2n) is 5.33. The number of halogens is 1. The summed E-state index contributed by atoms with van der Waals surface area (Å²) < 4.78 is 10.6. The molecule has 0 aromatic heterocycles. The number of carbonyl (C=O) groups is 2. The lowest BCUT2D eigenvalue weighted by molar-refractivity contribution is -0.151. The fourth-order valence-corrected chi connectivity index (χ4v) is 2.73. The summed E-state index contributed by atoms with van der Waals surface area (Å²) in [5.74, 6) is -0.272. The van der Waals surface area contributed by atoms with E-state index < -0.39 is 0 Å². The number of carbonyl (C=O) groups excluding carboxylic acids is 2. The van der Waals surface area contributed by atoms with E-state index in [1.165, 1.54) is 0 Å². The van der Waals surface area contributed by atoms with Crippen molar-refractivity contribution in [2.45, 2.75) is 32.3 Å². The molecule has 2 heterocycles. The van der Waals surface area contributed by atoms with Crippen molar-refractivity contribution in [3.8, 4) is 0 Å². The molecule has 2 saturated heterocycles. The van der Waals surface area contributed by atoms with Crippen LogP contribution in [0.3, 0.4) is 0 Å². The Morgan fingerprint density at radius 3 is 2.90 bits per heavy atom. The van der Waals surface area contributed by atoms with Crippen LogP contribution in [0.1, 0.15) is 26.2 Å². The van der Waals surface area contributed by atoms with E-state index in [9.17, 15) is 9.59 Å². The molecule has 0 aliphatic carbocycles. The average Bonchev–Trinajstić information content (AvgIpc) is 2.48. The Morgan fingerprint density at radius 2 is 2.24 bits per heavy atom. The molecule has 0 saturated carbocycles. The molecule has 6 nitrogen and oxygen atoms in total. The molecule has 2 aliphatic heterocycles. The number of amides is 1. The number of esters is 1. The van der Waals surface area contributed by atoms with Crippen LogP contribution in [0, 0.1) is 5.92 Å². The maximum absolute atomic E-state index is 12.3. The summed E-state index contributed by atoms with van der Waals surface area (Å²) >= 11 is 0. The zero-order valence-corrected chi connectivity index (χ0v) is 13.3. The highest BCUT2D eigenvalue weighted by molar-refractivity contribution is 5.85. The molecule has 2 rings (SSSR count). The molecule has 0 spiro atoms. The largest absolute Gasteiger partial charge is 0.466 e. The molecule has 2 atom stereocenters. The van der Waals surface area contributed by atoms with Crippen LogP contribution < -0.4 is 5.32 Å². The number of piperidine rings is 1. The first-order valence-electron chi connectivity index (χ1n) is 7.47. The number of likely N-dealkylation sites (tertiary alicyclic amines) is 1. The maximum atomic E-state index is 12.3. The average molecular weight is 321 g/mol. The molecule has 2 fully saturated rings. The third kappa shape index (κ3) is 5.45. The number of ether oxygens (including phenoxy) is 2. The van der Waals surface area contributed by atoms with E-state index >= 15 is 0 Å². The minimum Gasteiger partial charge on any atom is -0.466 e. The van der Waals surface area contributed by atoms with Gasteiger partial charge < -0.3 is 19.7 Å². The molecule has 2 aliphatic rings. The number of morpholine rings is 1. The molecule has 21 heavy (non-hydrogen) atoms. The molecule has 0 aromatic carbocycles. The van der Waals surface area contributed by atoms with Crippen LogP contribution in [0.5, 0.6) is 0 Å². The predicted molar refractivity (Wildman–Crippen MR) is 80.4 cm³/mol. The normalized spacial score (nSPS) is 25.9. The quantitative estimate of drug-likeness (QED) is 0.768. The molecular weight excluding hydrogens is 296 g/mol. The molecule has 1 N–H and O–H groups in total. The second kappa shape index (κ2) is 9.23. The minimum atomic E-state index is -0.180. The summed E-state index contributed by atoms with van der Waals surface area (Å²) in [5.41, 5.74) is 0. The highest BCUT2D eigenvalue weighted by atomic mass is 35.5. The van der Waals surface area contributed by atoms with Crippen LogP contribution in [0.15, 0.2) is 0 Å². The number of nitrogens with one attached hydrogen (secondary N) is 1. The van der Waals surface area contributed by atoms with Gasteiger partial charge in [0.1, 0.15) is 0 Å². The standard InChI is InChI=1S/C14H24N2O4.ClH/c1-2-19-14(18)11-4-3-6-16(10-11)13(17)8-12-9-15-5-7-20-12;/h11-12,15H,2-10H2,1H3;1H. The zero-order valence-electron chi connectivity index (χ0n) is 12.5. The monoisotopic (exact) mass is 320 g/mol. The van der Waals surface area contributed by atoms with Crippen LogP contribution >= 0.6 is 12.4 Å². The van der Waals surface area contributed by atoms with Gasteiger partial charge in [-0.2, -0.15) is 0 Å². The van der Waals surface area contributed by atoms with Crippen molar-refractivity contribution in [3.63, 3.8) is 0 Å². The van der Waals surface area contributed by atoms with Crippen molar-refractivity contribution in [2.24, 2.45) is 5.92 Å². The van der Waals surface area contributed by atoms with Gasteiger partial charge in [0, 0.05) is 26.2 Å². The number of hydrogen-bond donors (Lipinski definition) is 1. The zero-order chi connectivity index (χ0) is 14.4. The van der Waals surface area contributed by atoms with Gasteiger partial charge in [-0.1, -0.05) is 0 Å². The molecule has 0 radical (unpaired) electrons. The Labute approximate surface area is 131 Å². The van der Waals surface area contributed by atoms with Gasteiger partial charge in [-0.25, -0.2) is 0 Å². The van der Waals surface area contributed by atoms with Crippen LogP contribution in [0.4, 0.5) is 0 Å². The SMILES string of the molecule is CCOC(=O)C1CCCN(C(=O)CC2CNCCO2)C1.Cl. The summed E-state index contributed by atoms with van der Waals surface area (Å²) in [6.45, 7) is 5.64. The van der Waals surface area contributed by atoms with Gasteiger partial charge in [0.05, 0.1) is 31.7 Å². The van der Waals surface area contributed by atoms with Gasteiger partial charge in [0.2, 0.25) is 5.91 Å². The Bertz CT molecular complexity index is 348. The lowest BCUT2D eigenvalue weighted by atomic mass is 9.97. The molecule has 122 valence electrons. The van der Waals surface area contributed by atoms with E-state index in [0.717, 1.165) is 32.5 Å². The van der Waals surface area contributed by atoms with Crippen LogP contribution in [-0.2, 0) is 19.1 Å². The summed E-state index contributed by atoms with van der Waals surface area (Å²) in [5, 5.41) is 3.22. The smallest absolute Gasteiger partial charge is 0.310 e. The van der Waals surface area contributed by atoms with Gasteiger partial charge >= 0.3 is 5.97 Å². The predicted octanol–water partition coefficient (Wildman–Crippen LogP) is 0.588. The van der Waals surface area contributed by atoms with Crippen molar-refractivity contribution >= 4 is 24.3 Å². The number of nitrogens with zero attached hydrogens (tertiary/aromatic N) is 1. The van der Waals surface area contributed by atoms with E-state index in [0.29, 0.717) is 26.2 Å². The lowest BCUT2D eigenvalue weighted by Crippen LogP contribution is -2.46. The highest BCUT2D eigenvalue weighted by Gasteiger charge is 2.30. The van der Waals surface area contributed by atoms with E-state index in [-0.39, 0.29) is 36.3 Å². The Balaban J connectivity index is 0.00000220. The van der Waals surface area contributed by atoms with E-state index in [2.05, 4.69) is 5.32 Å². The molecule has 1 amide bonds. The van der Waals surface area contributed by atoms with Crippen molar-refractivity contribution in [1.82, 2.24) is 10.2 Å². The summed E-state index contributed by atoms with van der Waals surface area (Å²) in [4.78, 5) is 25.8. The molecule has 2 unspecified atom stereocenters. The van der Waals surface area contributed by atoms with Gasteiger partial charge in [0.25, 0.3) is 0 Å². The molecule has 0 aromatic rings. The second-order valence-corrected chi connectivity index (χ2v) is 5.33. The van der Waals surface area contributed by atoms with Gasteiger partial charge in [-0.05, 0) is 19.8 Å². The first kappa shape index (κ1) is 18.2. The van der Waals surface area contributed by atoms with Gasteiger partial charge in [-0.3, -0.25) is 9.59 Å². The Kier molecular flexibility index (Phi) is 8.00. The van der Waals surface area contributed by atoms with Crippen LogP contribution in [0.2, 0.25) is 0 Å². The van der Waals surface area contributed by atoms with Crippen molar-refractivity contribution in [3.05, 3.63) is 0 Å². The first-order valence-corrected chi connectivity index (χ1v) is 7.47. The van der Waals surface area contributed by atoms with E-state index in [1.54, 1.807) is 11.8 Å². The fraction of sp³-hybridized carbons (Fsp3) is 0.857. The fourth-order valence-electron chi connectivity index (χ4n) is 2.73. The van der Waals surface area contributed by atoms with E-state index in [4.69, 9.17) is 9.47 Å². The van der Waals surface area contributed by atoms with Crippen LogP contribution in [-0.4, -0.2) is 62.3 Å². The third-order valence-corrected chi connectivity index (χ3v) is 3.80. The third-order valence-electron chi connectivity index (χ3n) is 3.80. The minimum absolute atomic E-state index is 0. The number of rotatable bonds is 4. The van der Waals surface area contributed by atoms with Crippen molar-refractivity contribution in [2.75, 3.05) is 39.4 Å². The maximum Gasteiger partial charge on any atom is 0.310 e. The summed E-state index contributed by atoms with van der Waals surface area (Å²) in [7, 11) is 0. The van der Waals surface area contributed by atoms with Gasteiger partial charge in [0.15, 0.2) is 0 Å². The first-order chi connectivity index (χ1) is 9.70. The van der Waals surface area contributed by atoms with Crippen LogP contribution in [0.25, 0.3) is 0 Å². The van der Waals surface area contributed by atoms with E-state index in [1.807, 2.05) is 0 Å². The Morgan fingerprint density at radius 1 is 1.43 bits per heavy atom. The van der Waals surface area contributed by atoms with Crippen molar-refractivity contribution < 1.29 is 19.1 Å². The molecular formula is C14H25ClN2O4. The molecule has 0 bridgehead atoms.